The molecule has 1 N–H and O–H groups in total. The Morgan fingerprint density at radius 2 is 1.98 bits per heavy atom. The van der Waals surface area contributed by atoms with Crippen LogP contribution in [0.15, 0.2) is 41.5 Å². The number of aryl methyl sites for hydroxylation is 1. The number of nitrogens with zero attached hydrogens (tertiary/aromatic N) is 5. The Morgan fingerprint density at radius 1 is 1.22 bits per heavy atom. The lowest BCUT2D eigenvalue weighted by atomic mass is 9.87. The van der Waals surface area contributed by atoms with Gasteiger partial charge in [0.2, 0.25) is 0 Å². The van der Waals surface area contributed by atoms with Crippen LogP contribution < -0.4 is 10.3 Å². The number of ether oxygens (including phenoxy) is 1. The van der Waals surface area contributed by atoms with Crippen LogP contribution in [0.3, 0.4) is 0 Å². The number of aromatic nitrogens is 2. The van der Waals surface area contributed by atoms with Gasteiger partial charge in [0, 0.05) is 68.4 Å². The number of hydrogen-bond acceptors (Lipinski definition) is 7. The van der Waals surface area contributed by atoms with Crippen molar-refractivity contribution >= 4 is 17.5 Å². The fourth-order valence-electron chi connectivity index (χ4n) is 5.67. The van der Waals surface area contributed by atoms with Gasteiger partial charge in [-0.2, -0.15) is 5.26 Å². The van der Waals surface area contributed by atoms with Crippen LogP contribution >= 0.6 is 11.6 Å². The van der Waals surface area contributed by atoms with Crippen LogP contribution in [0.5, 0.6) is 5.75 Å². The molecule has 214 valence electrons. The summed E-state index contributed by atoms with van der Waals surface area (Å²) < 4.78 is 7.15. The van der Waals surface area contributed by atoms with Gasteiger partial charge >= 0.3 is 0 Å². The van der Waals surface area contributed by atoms with Crippen LogP contribution in [-0.2, 0) is 19.9 Å². The van der Waals surface area contributed by atoms with E-state index in [2.05, 4.69) is 22.0 Å². The standard InChI is InChI=1S/C31H34ClN5O4/c1-5-41-29-13-27(34-15-21(29)14-33)18(2)37-9-7-22-23(25-16-35(4)30(39)12-26(25)32)10-20(11-24(22)31(37)40)6-8-36-17-28(38)19(36)3/h10-13,15-16,18-19,28,38H,5-9,17H2,1-4H3/t18-,19+,28+/m0/s1. The third-order valence-electron chi connectivity index (χ3n) is 8.32. The zero-order valence-electron chi connectivity index (χ0n) is 23.7. The molecule has 0 bridgehead atoms. The predicted octanol–water partition coefficient (Wildman–Crippen LogP) is 3.74. The van der Waals surface area contributed by atoms with Gasteiger partial charge in [0.25, 0.3) is 11.5 Å². The second-order valence-corrected chi connectivity index (χ2v) is 11.2. The van der Waals surface area contributed by atoms with E-state index in [1.165, 1.54) is 16.8 Å². The first-order valence-corrected chi connectivity index (χ1v) is 14.3. The predicted molar refractivity (Wildman–Crippen MR) is 156 cm³/mol. The van der Waals surface area contributed by atoms with E-state index >= 15 is 0 Å². The van der Waals surface area contributed by atoms with Crippen LogP contribution in [0.2, 0.25) is 5.02 Å². The van der Waals surface area contributed by atoms with Crippen molar-refractivity contribution in [1.82, 2.24) is 19.4 Å². The minimum absolute atomic E-state index is 0.102. The number of rotatable bonds is 8. The van der Waals surface area contributed by atoms with E-state index in [1.54, 1.807) is 24.2 Å². The van der Waals surface area contributed by atoms with Crippen molar-refractivity contribution in [2.24, 2.45) is 7.05 Å². The molecule has 9 nitrogen and oxygen atoms in total. The summed E-state index contributed by atoms with van der Waals surface area (Å²) in [6, 6.07) is 9.05. The average Bonchev–Trinajstić information content (AvgIpc) is 2.96. The van der Waals surface area contributed by atoms with Gasteiger partial charge in [0.05, 0.1) is 29.5 Å². The summed E-state index contributed by atoms with van der Waals surface area (Å²) in [6.45, 7) is 8.06. The maximum Gasteiger partial charge on any atom is 0.254 e. The molecule has 2 aliphatic rings. The maximum absolute atomic E-state index is 14.1. The number of carbonyl (C=O) groups excluding carboxylic acids is 1. The number of hydrogen-bond donors (Lipinski definition) is 1. The quantitative estimate of drug-likeness (QED) is 0.435. The Morgan fingerprint density at radius 3 is 2.66 bits per heavy atom. The smallest absolute Gasteiger partial charge is 0.254 e. The van der Waals surface area contributed by atoms with Crippen molar-refractivity contribution in [3.8, 4) is 22.9 Å². The summed E-state index contributed by atoms with van der Waals surface area (Å²) in [7, 11) is 1.69. The Hall–Kier alpha value is -3.71. The van der Waals surface area contributed by atoms with Gasteiger partial charge in [-0.05, 0) is 56.4 Å². The lowest BCUT2D eigenvalue weighted by Gasteiger charge is -2.43. The summed E-state index contributed by atoms with van der Waals surface area (Å²) in [5, 5.41) is 19.7. The number of halogens is 1. The van der Waals surface area contributed by atoms with E-state index in [9.17, 15) is 20.0 Å². The van der Waals surface area contributed by atoms with E-state index in [-0.39, 0.29) is 29.7 Å². The molecular formula is C31H34ClN5O4. The Labute approximate surface area is 244 Å². The molecule has 2 aliphatic heterocycles. The van der Waals surface area contributed by atoms with Gasteiger partial charge in [-0.1, -0.05) is 17.7 Å². The third kappa shape index (κ3) is 5.47. The van der Waals surface area contributed by atoms with Crippen molar-refractivity contribution in [1.29, 1.82) is 5.26 Å². The van der Waals surface area contributed by atoms with Crippen molar-refractivity contribution in [2.45, 2.75) is 51.8 Å². The molecule has 41 heavy (non-hydrogen) atoms. The van der Waals surface area contributed by atoms with E-state index in [0.29, 0.717) is 65.7 Å². The molecule has 3 atom stereocenters. The normalized spacial score (nSPS) is 19.3. The minimum atomic E-state index is -0.348. The van der Waals surface area contributed by atoms with Gasteiger partial charge < -0.3 is 19.3 Å². The average molecular weight is 576 g/mol. The summed E-state index contributed by atoms with van der Waals surface area (Å²) in [5.74, 6) is 0.343. The van der Waals surface area contributed by atoms with E-state index in [0.717, 1.165) is 23.2 Å². The van der Waals surface area contributed by atoms with Crippen LogP contribution in [0.4, 0.5) is 0 Å². The topological polar surface area (TPSA) is 112 Å². The largest absolute Gasteiger partial charge is 0.492 e. The third-order valence-corrected chi connectivity index (χ3v) is 8.63. The van der Waals surface area contributed by atoms with Gasteiger partial charge in [0.15, 0.2) is 0 Å². The molecule has 0 saturated carbocycles. The fourth-order valence-corrected chi connectivity index (χ4v) is 5.91. The number of aliphatic hydroxyl groups is 1. The molecular weight excluding hydrogens is 542 g/mol. The Bertz CT molecular complexity index is 1600. The maximum atomic E-state index is 14.1. The number of carbonyl (C=O) groups is 1. The number of β-amino-alcohol motifs (C(OH)–C–C–N with tert-alkyl or cyclic N) is 1. The first-order chi connectivity index (χ1) is 19.6. The first kappa shape index (κ1) is 28.8. The van der Waals surface area contributed by atoms with E-state index in [4.69, 9.17) is 16.3 Å². The SMILES string of the molecule is CCOc1cc([C@H](C)N2CCc3c(cc(CCN4C[C@@H](O)[C@H]4C)cc3-c3cn(C)c(=O)cc3Cl)C2=O)ncc1C#N. The molecule has 0 unspecified atom stereocenters. The highest BCUT2D eigenvalue weighted by Gasteiger charge is 2.34. The summed E-state index contributed by atoms with van der Waals surface area (Å²) >= 11 is 6.60. The Balaban J connectivity index is 1.53. The molecule has 0 radical (unpaired) electrons. The molecule has 3 aromatic rings. The van der Waals surface area contributed by atoms with E-state index in [1.807, 2.05) is 26.8 Å². The molecule has 1 aromatic carbocycles. The molecule has 0 spiro atoms. The molecule has 5 rings (SSSR count). The number of aliphatic hydroxyl groups excluding tert-OH is 1. The lowest BCUT2D eigenvalue weighted by Crippen LogP contribution is -2.58. The fraction of sp³-hybridized carbons (Fsp3) is 0.419. The number of fused-ring (bicyclic) bond motifs is 1. The van der Waals surface area contributed by atoms with Crippen molar-refractivity contribution in [3.63, 3.8) is 0 Å². The molecule has 4 heterocycles. The molecule has 0 aliphatic carbocycles. The summed E-state index contributed by atoms with van der Waals surface area (Å²) in [4.78, 5) is 34.8. The van der Waals surface area contributed by atoms with Crippen LogP contribution in [0, 0.1) is 11.3 Å². The summed E-state index contributed by atoms with van der Waals surface area (Å²) in [5.41, 5.74) is 4.85. The highest BCUT2D eigenvalue weighted by molar-refractivity contribution is 6.33. The van der Waals surface area contributed by atoms with Gasteiger partial charge in [0.1, 0.15) is 17.4 Å². The van der Waals surface area contributed by atoms with Gasteiger partial charge in [-0.15, -0.1) is 0 Å². The summed E-state index contributed by atoms with van der Waals surface area (Å²) in [6.07, 6.45) is 4.20. The van der Waals surface area contributed by atoms with Crippen LogP contribution in [-0.4, -0.2) is 68.8 Å². The highest BCUT2D eigenvalue weighted by Crippen LogP contribution is 2.37. The van der Waals surface area contributed by atoms with Crippen molar-refractivity contribution in [3.05, 3.63) is 80.0 Å². The van der Waals surface area contributed by atoms with Crippen LogP contribution in [0.1, 0.15) is 59.6 Å². The van der Waals surface area contributed by atoms with E-state index < -0.39 is 0 Å². The molecule has 2 aromatic heterocycles. The number of benzene rings is 1. The second kappa shape index (κ2) is 11.6. The number of nitriles is 1. The van der Waals surface area contributed by atoms with Crippen molar-refractivity contribution in [2.75, 3.05) is 26.2 Å². The molecule has 1 saturated heterocycles. The zero-order chi connectivity index (χ0) is 29.4. The van der Waals surface area contributed by atoms with Gasteiger partial charge in [-0.25, -0.2) is 0 Å². The highest BCUT2D eigenvalue weighted by atomic mass is 35.5. The first-order valence-electron chi connectivity index (χ1n) is 13.9. The lowest BCUT2D eigenvalue weighted by molar-refractivity contribution is -0.0510. The van der Waals surface area contributed by atoms with Gasteiger partial charge in [-0.3, -0.25) is 19.5 Å². The molecule has 1 amide bonds. The number of pyridine rings is 2. The Kier molecular flexibility index (Phi) is 8.18. The number of likely N-dealkylation sites (tertiary alicyclic amines) is 1. The minimum Gasteiger partial charge on any atom is -0.492 e. The molecule has 10 heteroatoms. The van der Waals surface area contributed by atoms with Crippen LogP contribution in [0.25, 0.3) is 11.1 Å². The monoisotopic (exact) mass is 575 g/mol. The molecule has 1 fully saturated rings. The second-order valence-electron chi connectivity index (χ2n) is 10.8. The number of amides is 1. The zero-order valence-corrected chi connectivity index (χ0v) is 24.5. The van der Waals surface area contributed by atoms with Crippen molar-refractivity contribution < 1.29 is 14.6 Å².